The summed E-state index contributed by atoms with van der Waals surface area (Å²) in [5, 5.41) is 12.4. The lowest BCUT2D eigenvalue weighted by molar-refractivity contribution is 0.0665. The topological polar surface area (TPSA) is 76.1 Å². The zero-order valence-corrected chi connectivity index (χ0v) is 17.1. The number of rotatable bonds is 5. The van der Waals surface area contributed by atoms with Gasteiger partial charge in [-0.15, -0.1) is 0 Å². The van der Waals surface area contributed by atoms with Crippen molar-refractivity contribution in [1.82, 2.24) is 15.1 Å². The van der Waals surface area contributed by atoms with Crippen LogP contribution in [0.3, 0.4) is 0 Å². The molecule has 4 rings (SSSR count). The minimum atomic E-state index is -0.0686. The Morgan fingerprint density at radius 3 is 2.37 bits per heavy atom. The number of nitrogens with zero attached hydrogens (tertiary/aromatic N) is 3. The molecule has 2 heterocycles. The number of piperazine rings is 1. The highest BCUT2D eigenvalue weighted by molar-refractivity contribution is 5.94. The summed E-state index contributed by atoms with van der Waals surface area (Å²) in [6.45, 7) is 4.69. The first kappa shape index (κ1) is 20.1. The molecule has 7 nitrogen and oxygen atoms in total. The van der Waals surface area contributed by atoms with Crippen LogP contribution >= 0.6 is 0 Å². The number of anilines is 1. The zero-order chi connectivity index (χ0) is 20.9. The summed E-state index contributed by atoms with van der Waals surface area (Å²) in [5.74, 6) is 0.0722. The molecular formula is C23H28N4O3. The van der Waals surface area contributed by atoms with Gasteiger partial charge in [0.1, 0.15) is 5.75 Å². The lowest BCUT2D eigenvalue weighted by atomic mass is 10.1. The third kappa shape index (κ3) is 4.50. The second kappa shape index (κ2) is 9.07. The van der Waals surface area contributed by atoms with Crippen LogP contribution in [-0.2, 0) is 6.42 Å². The van der Waals surface area contributed by atoms with Crippen molar-refractivity contribution in [2.75, 3.05) is 50.7 Å². The molecule has 3 amide bonds. The lowest BCUT2D eigenvalue weighted by Crippen LogP contribution is -2.53. The molecule has 0 saturated carbocycles. The van der Waals surface area contributed by atoms with Crippen LogP contribution in [0.1, 0.15) is 22.3 Å². The van der Waals surface area contributed by atoms with Gasteiger partial charge in [-0.1, -0.05) is 18.2 Å². The summed E-state index contributed by atoms with van der Waals surface area (Å²) < 4.78 is 0. The summed E-state index contributed by atoms with van der Waals surface area (Å²) in [4.78, 5) is 30.9. The van der Waals surface area contributed by atoms with Crippen molar-refractivity contribution in [2.24, 2.45) is 0 Å². The van der Waals surface area contributed by atoms with Gasteiger partial charge in [0.2, 0.25) is 0 Å². The zero-order valence-electron chi connectivity index (χ0n) is 17.1. The smallest absolute Gasteiger partial charge is 0.317 e. The Kier molecular flexibility index (Phi) is 6.07. The monoisotopic (exact) mass is 408 g/mol. The molecule has 0 unspecified atom stereocenters. The second-order valence-electron chi connectivity index (χ2n) is 7.78. The van der Waals surface area contributed by atoms with Gasteiger partial charge in [0.25, 0.3) is 5.91 Å². The highest BCUT2D eigenvalue weighted by Crippen LogP contribution is 2.27. The largest absolute Gasteiger partial charge is 0.508 e. The lowest BCUT2D eigenvalue weighted by Gasteiger charge is -2.34. The van der Waals surface area contributed by atoms with Gasteiger partial charge < -0.3 is 25.1 Å². The van der Waals surface area contributed by atoms with E-state index in [4.69, 9.17) is 0 Å². The molecule has 2 N–H and O–H groups in total. The molecule has 0 aliphatic carbocycles. The molecule has 0 radical (unpaired) electrons. The van der Waals surface area contributed by atoms with Crippen LogP contribution in [0.25, 0.3) is 0 Å². The predicted octanol–water partition coefficient (Wildman–Crippen LogP) is 2.31. The normalized spacial score (nSPS) is 15.8. The van der Waals surface area contributed by atoms with E-state index in [2.05, 4.69) is 34.5 Å². The van der Waals surface area contributed by atoms with Crippen molar-refractivity contribution in [1.29, 1.82) is 0 Å². The van der Waals surface area contributed by atoms with Gasteiger partial charge in [-0.25, -0.2) is 4.79 Å². The van der Waals surface area contributed by atoms with Crippen molar-refractivity contribution in [3.63, 3.8) is 0 Å². The maximum absolute atomic E-state index is 12.5. The van der Waals surface area contributed by atoms with Crippen molar-refractivity contribution < 1.29 is 14.7 Å². The molecule has 7 heteroatoms. The number of aromatic hydroxyl groups is 1. The molecule has 0 bridgehead atoms. The molecule has 0 atom stereocenters. The maximum Gasteiger partial charge on any atom is 0.317 e. The predicted molar refractivity (Wildman–Crippen MR) is 116 cm³/mol. The van der Waals surface area contributed by atoms with Crippen LogP contribution in [-0.4, -0.2) is 72.7 Å². The first-order chi connectivity index (χ1) is 14.6. The van der Waals surface area contributed by atoms with E-state index in [1.54, 1.807) is 21.9 Å². The molecule has 1 fully saturated rings. The number of fused-ring (bicyclic) bond motifs is 1. The molecule has 2 aliphatic rings. The Bertz CT molecular complexity index is 892. The van der Waals surface area contributed by atoms with Gasteiger partial charge in [-0.05, 0) is 48.7 Å². The number of nitrogens with one attached hydrogen (secondary N) is 1. The highest BCUT2D eigenvalue weighted by Gasteiger charge is 2.25. The fourth-order valence-corrected chi connectivity index (χ4v) is 4.12. The number of urea groups is 1. The van der Waals surface area contributed by atoms with Crippen molar-refractivity contribution in [3.8, 4) is 5.75 Å². The maximum atomic E-state index is 12.5. The number of hydrogen-bond acceptors (Lipinski definition) is 4. The van der Waals surface area contributed by atoms with Crippen molar-refractivity contribution >= 4 is 17.6 Å². The van der Waals surface area contributed by atoms with E-state index in [0.29, 0.717) is 38.3 Å². The summed E-state index contributed by atoms with van der Waals surface area (Å²) in [6.07, 6.45) is 2.00. The fraction of sp³-hybridized carbons (Fsp3) is 0.391. The highest BCUT2D eigenvalue weighted by atomic mass is 16.3. The van der Waals surface area contributed by atoms with Gasteiger partial charge in [0.05, 0.1) is 0 Å². The average Bonchev–Trinajstić information content (AvgIpc) is 3.20. The van der Waals surface area contributed by atoms with Crippen LogP contribution < -0.4 is 10.2 Å². The summed E-state index contributed by atoms with van der Waals surface area (Å²) in [5.41, 5.74) is 3.27. The molecule has 0 spiro atoms. The molecule has 158 valence electrons. The number of carbonyl (C=O) groups is 2. The van der Waals surface area contributed by atoms with E-state index in [-0.39, 0.29) is 17.7 Å². The quantitative estimate of drug-likeness (QED) is 0.745. The Morgan fingerprint density at radius 2 is 1.60 bits per heavy atom. The fourth-order valence-electron chi connectivity index (χ4n) is 4.12. The Balaban J connectivity index is 1.17. The van der Waals surface area contributed by atoms with Crippen LogP contribution in [0, 0.1) is 0 Å². The minimum Gasteiger partial charge on any atom is -0.508 e. The summed E-state index contributed by atoms with van der Waals surface area (Å²) in [7, 11) is 0. The van der Waals surface area contributed by atoms with E-state index < -0.39 is 0 Å². The van der Waals surface area contributed by atoms with Crippen LogP contribution in [0.4, 0.5) is 10.5 Å². The van der Waals surface area contributed by atoms with Crippen LogP contribution in [0.5, 0.6) is 5.75 Å². The Morgan fingerprint density at radius 1 is 0.900 bits per heavy atom. The Hall–Kier alpha value is -3.22. The van der Waals surface area contributed by atoms with Gasteiger partial charge in [-0.2, -0.15) is 0 Å². The molecule has 0 aromatic heterocycles. The number of benzene rings is 2. The van der Waals surface area contributed by atoms with E-state index in [9.17, 15) is 14.7 Å². The molecule has 1 saturated heterocycles. The van der Waals surface area contributed by atoms with E-state index in [1.807, 2.05) is 0 Å². The third-order valence-corrected chi connectivity index (χ3v) is 5.83. The first-order valence-electron chi connectivity index (χ1n) is 10.6. The Labute approximate surface area is 176 Å². The van der Waals surface area contributed by atoms with Gasteiger partial charge in [-0.3, -0.25) is 4.79 Å². The summed E-state index contributed by atoms with van der Waals surface area (Å²) >= 11 is 0. The average molecular weight is 409 g/mol. The van der Waals surface area contributed by atoms with Crippen molar-refractivity contribution in [3.05, 3.63) is 59.7 Å². The number of phenols is 1. The van der Waals surface area contributed by atoms with Gasteiger partial charge >= 0.3 is 6.03 Å². The summed E-state index contributed by atoms with van der Waals surface area (Å²) in [6, 6.07) is 14.7. The molecule has 30 heavy (non-hydrogen) atoms. The van der Waals surface area contributed by atoms with Crippen LogP contribution in [0.15, 0.2) is 48.5 Å². The van der Waals surface area contributed by atoms with E-state index in [1.165, 1.54) is 23.4 Å². The number of hydrogen-bond donors (Lipinski definition) is 2. The number of phenolic OH excluding ortho intramolecular Hbond substituents is 1. The first-order valence-corrected chi connectivity index (χ1v) is 10.6. The van der Waals surface area contributed by atoms with Crippen molar-refractivity contribution in [2.45, 2.75) is 12.8 Å². The molecule has 2 aromatic rings. The molecular weight excluding hydrogens is 380 g/mol. The van der Waals surface area contributed by atoms with Gasteiger partial charge in [0, 0.05) is 57.1 Å². The number of amides is 3. The van der Waals surface area contributed by atoms with E-state index >= 15 is 0 Å². The second-order valence-corrected chi connectivity index (χ2v) is 7.78. The molecule has 2 aromatic carbocycles. The van der Waals surface area contributed by atoms with Crippen LogP contribution in [0.2, 0.25) is 0 Å². The molecule has 2 aliphatic heterocycles. The van der Waals surface area contributed by atoms with E-state index in [0.717, 1.165) is 25.9 Å². The standard InChI is InChI=1S/C23H28N4O3/c28-20-8-6-19(7-9-20)22(29)26-14-16-27(17-15-26)23(30)24-11-3-12-25-13-10-18-4-1-2-5-21(18)25/h1-2,4-9,28H,3,10-17H2,(H,24,30). The SMILES string of the molecule is O=C(NCCCN1CCc2ccccc21)N1CCN(C(=O)c2ccc(O)cc2)CC1. The third-order valence-electron chi connectivity index (χ3n) is 5.83. The number of para-hydroxylation sites is 1. The number of carbonyl (C=O) groups excluding carboxylic acids is 2. The minimum absolute atomic E-state index is 0.0615. The van der Waals surface area contributed by atoms with Gasteiger partial charge in [0.15, 0.2) is 0 Å².